The maximum atomic E-state index is 13.6. The Morgan fingerprint density at radius 1 is 1.15 bits per heavy atom. The fourth-order valence-corrected chi connectivity index (χ4v) is 4.72. The number of carbonyl (C=O) groups is 3. The van der Waals surface area contributed by atoms with Crippen LogP contribution in [-0.2, 0) is 14.3 Å². The van der Waals surface area contributed by atoms with Crippen molar-refractivity contribution in [1.29, 1.82) is 0 Å². The van der Waals surface area contributed by atoms with Crippen LogP contribution in [0.1, 0.15) is 65.5 Å². The predicted octanol–water partition coefficient (Wildman–Crippen LogP) is 3.77. The number of amides is 2. The summed E-state index contributed by atoms with van der Waals surface area (Å²) in [6.07, 6.45) is 1.41. The maximum absolute atomic E-state index is 13.6. The van der Waals surface area contributed by atoms with Crippen LogP contribution in [0.2, 0.25) is 0 Å². The van der Waals surface area contributed by atoms with E-state index in [-0.39, 0.29) is 17.6 Å². The maximum Gasteiger partial charge on any atom is 0.408 e. The lowest BCUT2D eigenvalue weighted by molar-refractivity contribution is -0.133. The van der Waals surface area contributed by atoms with E-state index in [9.17, 15) is 19.5 Å². The molecule has 9 nitrogen and oxygen atoms in total. The summed E-state index contributed by atoms with van der Waals surface area (Å²) in [6, 6.07) is 11.4. The van der Waals surface area contributed by atoms with Gasteiger partial charge in [-0.1, -0.05) is 38.1 Å². The third-order valence-corrected chi connectivity index (χ3v) is 6.56. The second kappa shape index (κ2) is 13.7. The summed E-state index contributed by atoms with van der Waals surface area (Å²) < 4.78 is 5.36. The average Bonchev–Trinajstić information content (AvgIpc) is 3.12. The average molecular weight is 539 g/mol. The summed E-state index contributed by atoms with van der Waals surface area (Å²) in [4.78, 5) is 43.8. The van der Waals surface area contributed by atoms with Crippen LogP contribution in [0.15, 0.2) is 48.7 Å². The van der Waals surface area contributed by atoms with E-state index in [4.69, 9.17) is 4.74 Å². The van der Waals surface area contributed by atoms with E-state index in [1.165, 1.54) is 0 Å². The standard InChI is InChI=1S/C30H42N4O5/c1-19(2)16-25(34-29(38)39-30(3,4)5)28(37)33-24-13-9-14-31-18-22(24)27(36)26(35)21-11-8-10-20(17-21)23-12-6-7-15-32-23/h6-8,10-12,15,17,19,22,24-26,31,35H,9,13-14,16,18H2,1-5H3,(H,33,37)(H,34,38)/t22?,24?,25-,26?/m0/s1. The molecule has 3 unspecified atom stereocenters. The molecule has 3 rings (SSSR count). The predicted molar refractivity (Wildman–Crippen MR) is 150 cm³/mol. The molecule has 0 bridgehead atoms. The SMILES string of the molecule is CC(C)C[C@H](NC(=O)OC(C)(C)C)C(=O)NC1CCCNCC1C(=O)C(O)c1cccc(-c2ccccn2)c1. The van der Waals surface area contributed by atoms with Crippen LogP contribution in [0.3, 0.4) is 0 Å². The Morgan fingerprint density at radius 3 is 2.59 bits per heavy atom. The highest BCUT2D eigenvalue weighted by Gasteiger charge is 2.36. The van der Waals surface area contributed by atoms with Crippen LogP contribution in [-0.4, -0.2) is 58.6 Å². The zero-order valence-electron chi connectivity index (χ0n) is 23.6. The number of nitrogens with zero attached hydrogens (tertiary/aromatic N) is 1. The second-order valence-corrected chi connectivity index (χ2v) is 11.5. The highest BCUT2D eigenvalue weighted by atomic mass is 16.6. The van der Waals surface area contributed by atoms with Gasteiger partial charge in [-0.25, -0.2) is 4.79 Å². The van der Waals surface area contributed by atoms with E-state index in [1.807, 2.05) is 38.1 Å². The number of ether oxygens (including phenoxy) is 1. The normalized spacial score (nSPS) is 19.5. The van der Waals surface area contributed by atoms with Crippen molar-refractivity contribution in [2.24, 2.45) is 11.8 Å². The van der Waals surface area contributed by atoms with E-state index in [0.29, 0.717) is 31.5 Å². The van der Waals surface area contributed by atoms with E-state index in [0.717, 1.165) is 17.7 Å². The minimum Gasteiger partial charge on any atom is -0.444 e. The van der Waals surface area contributed by atoms with E-state index in [1.54, 1.807) is 45.2 Å². The zero-order valence-corrected chi connectivity index (χ0v) is 23.6. The van der Waals surface area contributed by atoms with Crippen molar-refractivity contribution in [1.82, 2.24) is 20.9 Å². The molecule has 4 N–H and O–H groups in total. The molecule has 2 amide bonds. The number of hydrogen-bond donors (Lipinski definition) is 4. The van der Waals surface area contributed by atoms with Gasteiger partial charge < -0.3 is 25.8 Å². The first kappa shape index (κ1) is 30.2. The van der Waals surface area contributed by atoms with Crippen LogP contribution in [0.4, 0.5) is 4.79 Å². The highest BCUT2D eigenvalue weighted by Crippen LogP contribution is 2.26. The summed E-state index contributed by atoms with van der Waals surface area (Å²) in [5.41, 5.74) is 1.32. The summed E-state index contributed by atoms with van der Waals surface area (Å²) in [5, 5.41) is 20.1. The van der Waals surface area contributed by atoms with E-state index in [2.05, 4.69) is 20.9 Å². The lowest BCUT2D eigenvalue weighted by Crippen LogP contribution is -2.54. The summed E-state index contributed by atoms with van der Waals surface area (Å²) in [6.45, 7) is 10.2. The van der Waals surface area contributed by atoms with Crippen LogP contribution in [0.25, 0.3) is 11.3 Å². The largest absolute Gasteiger partial charge is 0.444 e. The second-order valence-electron chi connectivity index (χ2n) is 11.5. The van der Waals surface area contributed by atoms with Gasteiger partial charge in [0.2, 0.25) is 5.91 Å². The highest BCUT2D eigenvalue weighted by molar-refractivity contribution is 5.90. The van der Waals surface area contributed by atoms with Crippen molar-refractivity contribution in [3.63, 3.8) is 0 Å². The molecule has 1 aromatic heterocycles. The quantitative estimate of drug-likeness (QED) is 0.382. The molecule has 4 atom stereocenters. The molecule has 1 saturated heterocycles. The molecular weight excluding hydrogens is 496 g/mol. The van der Waals surface area contributed by atoms with Crippen molar-refractivity contribution in [3.05, 3.63) is 54.2 Å². The van der Waals surface area contributed by atoms with Gasteiger partial charge in [-0.3, -0.25) is 14.6 Å². The summed E-state index contributed by atoms with van der Waals surface area (Å²) >= 11 is 0. The van der Waals surface area contributed by atoms with Gasteiger partial charge >= 0.3 is 6.09 Å². The molecule has 0 aliphatic carbocycles. The number of rotatable bonds is 9. The summed E-state index contributed by atoms with van der Waals surface area (Å²) in [7, 11) is 0. The van der Waals surface area contributed by atoms with Crippen LogP contribution in [0, 0.1) is 11.8 Å². The molecule has 212 valence electrons. The molecule has 9 heteroatoms. The van der Waals surface area contributed by atoms with Crippen LogP contribution >= 0.6 is 0 Å². The molecule has 39 heavy (non-hydrogen) atoms. The number of Topliss-reactive ketones (excluding diaryl/α,β-unsaturated/α-hetero) is 1. The van der Waals surface area contributed by atoms with Crippen molar-refractivity contribution in [3.8, 4) is 11.3 Å². The van der Waals surface area contributed by atoms with E-state index >= 15 is 0 Å². The van der Waals surface area contributed by atoms with Crippen molar-refractivity contribution in [2.45, 2.75) is 77.7 Å². The molecule has 0 spiro atoms. The third kappa shape index (κ3) is 9.14. The van der Waals surface area contributed by atoms with E-state index < -0.39 is 35.8 Å². The van der Waals surface area contributed by atoms with Crippen LogP contribution in [0.5, 0.6) is 0 Å². The molecule has 0 radical (unpaired) electrons. The van der Waals surface area contributed by atoms with Crippen LogP contribution < -0.4 is 16.0 Å². The first-order valence-corrected chi connectivity index (χ1v) is 13.7. The topological polar surface area (TPSA) is 130 Å². The number of aliphatic hydroxyl groups excluding tert-OH is 1. The minimum atomic E-state index is -1.36. The van der Waals surface area contributed by atoms with Crippen molar-refractivity contribution >= 4 is 17.8 Å². The van der Waals surface area contributed by atoms with Crippen molar-refractivity contribution in [2.75, 3.05) is 13.1 Å². The Morgan fingerprint density at radius 2 is 1.92 bits per heavy atom. The molecular formula is C30H42N4O5. The van der Waals surface area contributed by atoms with Gasteiger partial charge in [-0.2, -0.15) is 0 Å². The fourth-order valence-electron chi connectivity index (χ4n) is 4.72. The fraction of sp³-hybridized carbons (Fsp3) is 0.533. The molecule has 1 aliphatic rings. The van der Waals surface area contributed by atoms with Gasteiger partial charge in [-0.05, 0) is 76.3 Å². The lowest BCUT2D eigenvalue weighted by atomic mass is 9.87. The number of hydrogen-bond acceptors (Lipinski definition) is 7. The Bertz CT molecular complexity index is 1120. The zero-order chi connectivity index (χ0) is 28.6. The first-order valence-electron chi connectivity index (χ1n) is 13.7. The molecule has 0 saturated carbocycles. The minimum absolute atomic E-state index is 0.136. The monoisotopic (exact) mass is 538 g/mol. The first-order chi connectivity index (χ1) is 18.4. The number of pyridine rings is 1. The van der Waals surface area contributed by atoms with Crippen molar-refractivity contribution < 1.29 is 24.2 Å². The number of ketones is 1. The molecule has 2 aromatic rings. The molecule has 2 heterocycles. The summed E-state index contributed by atoms with van der Waals surface area (Å²) in [5.74, 6) is -1.25. The third-order valence-electron chi connectivity index (χ3n) is 6.56. The van der Waals surface area contributed by atoms with Gasteiger partial charge in [-0.15, -0.1) is 0 Å². The van der Waals surface area contributed by atoms with Gasteiger partial charge in [0.05, 0.1) is 11.6 Å². The molecule has 1 aliphatic heterocycles. The Kier molecular flexibility index (Phi) is 10.6. The Hall–Kier alpha value is -3.30. The molecule has 1 fully saturated rings. The number of aliphatic hydroxyl groups is 1. The van der Waals surface area contributed by atoms with Gasteiger partial charge in [0.25, 0.3) is 0 Å². The molecule has 1 aromatic carbocycles. The number of carbonyl (C=O) groups excluding carboxylic acids is 3. The number of aromatic nitrogens is 1. The lowest BCUT2D eigenvalue weighted by Gasteiger charge is -2.29. The number of nitrogens with one attached hydrogen (secondary N) is 3. The Labute approximate surface area is 231 Å². The van der Waals surface area contributed by atoms with Gasteiger partial charge in [0.1, 0.15) is 17.7 Å². The van der Waals surface area contributed by atoms with Gasteiger partial charge in [0.15, 0.2) is 5.78 Å². The smallest absolute Gasteiger partial charge is 0.408 e. The van der Waals surface area contributed by atoms with Gasteiger partial charge in [0, 0.05) is 24.3 Å². The Balaban J connectivity index is 1.77. The number of alkyl carbamates (subject to hydrolysis) is 1. The number of benzene rings is 1.